The van der Waals surface area contributed by atoms with Crippen LogP contribution in [0.2, 0.25) is 10.0 Å². The van der Waals surface area contributed by atoms with Crippen LogP contribution in [-0.2, 0) is 4.74 Å². The Morgan fingerprint density at radius 3 is 2.61 bits per heavy atom. The number of methoxy groups -OCH3 is 1. The summed E-state index contributed by atoms with van der Waals surface area (Å²) in [6.07, 6.45) is 1.67. The fourth-order valence-electron chi connectivity index (χ4n) is 1.72. The number of benzene rings is 1. The van der Waals surface area contributed by atoms with E-state index in [0.29, 0.717) is 15.8 Å². The lowest BCUT2D eigenvalue weighted by Crippen LogP contribution is -2.18. The maximum absolute atomic E-state index is 6.16. The van der Waals surface area contributed by atoms with E-state index >= 15 is 0 Å². The molecule has 1 unspecified atom stereocenters. The Labute approximate surface area is 118 Å². The Hall–Kier alpha value is -1.12. The van der Waals surface area contributed by atoms with Gasteiger partial charge in [0.05, 0.1) is 12.8 Å². The van der Waals surface area contributed by atoms with Gasteiger partial charge in [0, 0.05) is 16.1 Å². The van der Waals surface area contributed by atoms with Crippen LogP contribution < -0.4 is 5.32 Å². The smallest absolute Gasteiger partial charge is 0.136 e. The third-order valence-electron chi connectivity index (χ3n) is 2.64. The molecule has 0 fully saturated rings. The molecule has 1 aromatic rings. The molecule has 0 aliphatic heterocycles. The Kier molecular flexibility index (Phi) is 5.57. The van der Waals surface area contributed by atoms with Gasteiger partial charge in [-0.1, -0.05) is 35.8 Å². The highest BCUT2D eigenvalue weighted by atomic mass is 35.5. The summed E-state index contributed by atoms with van der Waals surface area (Å²) in [4.78, 5) is 0. The summed E-state index contributed by atoms with van der Waals surface area (Å²) in [7, 11) is 1.61. The van der Waals surface area contributed by atoms with E-state index in [1.165, 1.54) is 0 Å². The SMILES string of the molecule is C=C/C(OC)=C(\C)NC(C)c1ccc(Cl)cc1Cl. The van der Waals surface area contributed by atoms with Gasteiger partial charge in [0.25, 0.3) is 0 Å². The first kappa shape index (κ1) is 14.9. The highest BCUT2D eigenvalue weighted by Gasteiger charge is 2.11. The molecule has 2 nitrogen and oxygen atoms in total. The normalized spacial score (nSPS) is 13.6. The van der Waals surface area contributed by atoms with E-state index in [9.17, 15) is 0 Å². The number of rotatable bonds is 5. The molecule has 18 heavy (non-hydrogen) atoms. The first-order valence-electron chi connectivity index (χ1n) is 5.58. The van der Waals surface area contributed by atoms with Crippen LogP contribution in [0.4, 0.5) is 0 Å². The predicted molar refractivity (Wildman–Crippen MR) is 77.9 cm³/mol. The van der Waals surface area contributed by atoms with Crippen LogP contribution in [0.5, 0.6) is 0 Å². The van der Waals surface area contributed by atoms with Gasteiger partial charge >= 0.3 is 0 Å². The average molecular weight is 286 g/mol. The molecule has 1 atom stereocenters. The topological polar surface area (TPSA) is 21.3 Å². The third kappa shape index (κ3) is 3.69. The molecule has 0 saturated heterocycles. The van der Waals surface area contributed by atoms with E-state index in [1.54, 1.807) is 19.3 Å². The summed E-state index contributed by atoms with van der Waals surface area (Å²) in [5.41, 5.74) is 1.89. The number of allylic oxidation sites excluding steroid dienone is 2. The molecule has 0 amide bonds. The molecule has 0 spiro atoms. The lowest BCUT2D eigenvalue weighted by molar-refractivity contribution is 0.298. The standard InChI is InChI=1S/C14H17Cl2NO/c1-5-14(18-4)10(3)17-9(2)12-7-6-11(15)8-13(12)16/h5-9,17H,1H2,2-4H3/b14-10-. The molecular formula is C14H17Cl2NO. The number of halogens is 2. The molecule has 0 saturated carbocycles. The highest BCUT2D eigenvalue weighted by molar-refractivity contribution is 6.35. The van der Waals surface area contributed by atoms with Crippen molar-refractivity contribution in [2.24, 2.45) is 0 Å². The zero-order valence-corrected chi connectivity index (χ0v) is 12.3. The van der Waals surface area contributed by atoms with Crippen molar-refractivity contribution in [3.05, 3.63) is 57.9 Å². The van der Waals surface area contributed by atoms with E-state index in [-0.39, 0.29) is 6.04 Å². The molecule has 0 heterocycles. The van der Waals surface area contributed by atoms with Crippen molar-refractivity contribution >= 4 is 23.2 Å². The zero-order chi connectivity index (χ0) is 13.7. The van der Waals surface area contributed by atoms with Crippen molar-refractivity contribution in [1.82, 2.24) is 5.32 Å². The zero-order valence-electron chi connectivity index (χ0n) is 10.8. The van der Waals surface area contributed by atoms with Crippen LogP contribution >= 0.6 is 23.2 Å². The molecule has 4 heteroatoms. The average Bonchev–Trinajstić information content (AvgIpc) is 2.30. The maximum Gasteiger partial charge on any atom is 0.136 e. The first-order valence-corrected chi connectivity index (χ1v) is 6.34. The number of hydrogen-bond donors (Lipinski definition) is 1. The van der Waals surface area contributed by atoms with E-state index in [0.717, 1.165) is 11.3 Å². The fourth-order valence-corrected chi connectivity index (χ4v) is 2.29. The van der Waals surface area contributed by atoms with E-state index < -0.39 is 0 Å². The van der Waals surface area contributed by atoms with Gasteiger partial charge in [-0.25, -0.2) is 0 Å². The molecule has 98 valence electrons. The first-order chi connectivity index (χ1) is 8.49. The van der Waals surface area contributed by atoms with Gasteiger partial charge in [0.15, 0.2) is 0 Å². The molecule has 0 radical (unpaired) electrons. The van der Waals surface area contributed by atoms with Crippen molar-refractivity contribution in [1.29, 1.82) is 0 Å². The second-order valence-corrected chi connectivity index (χ2v) is 4.77. The number of nitrogens with one attached hydrogen (secondary N) is 1. The molecule has 1 N–H and O–H groups in total. The van der Waals surface area contributed by atoms with Crippen molar-refractivity contribution in [2.75, 3.05) is 7.11 Å². The van der Waals surface area contributed by atoms with Gasteiger partial charge in [-0.05, 0) is 37.6 Å². The molecule has 1 aromatic carbocycles. The molecular weight excluding hydrogens is 269 g/mol. The largest absolute Gasteiger partial charge is 0.495 e. The van der Waals surface area contributed by atoms with Gasteiger partial charge in [-0.3, -0.25) is 0 Å². The number of ether oxygens (including phenoxy) is 1. The van der Waals surface area contributed by atoms with Gasteiger partial charge < -0.3 is 10.1 Å². The second kappa shape index (κ2) is 6.72. The van der Waals surface area contributed by atoms with Gasteiger partial charge in [-0.2, -0.15) is 0 Å². The maximum atomic E-state index is 6.16. The Balaban J connectivity index is 2.92. The summed E-state index contributed by atoms with van der Waals surface area (Å²) in [5.74, 6) is 0.715. The van der Waals surface area contributed by atoms with Crippen molar-refractivity contribution in [2.45, 2.75) is 19.9 Å². The quantitative estimate of drug-likeness (QED) is 0.625. The van der Waals surface area contributed by atoms with Crippen LogP contribution in [0.15, 0.2) is 42.3 Å². The van der Waals surface area contributed by atoms with Crippen LogP contribution in [0, 0.1) is 0 Å². The molecule has 0 aromatic heterocycles. The van der Waals surface area contributed by atoms with Gasteiger partial charge in [-0.15, -0.1) is 0 Å². The monoisotopic (exact) mass is 285 g/mol. The Morgan fingerprint density at radius 2 is 2.11 bits per heavy atom. The van der Waals surface area contributed by atoms with Crippen LogP contribution in [0.3, 0.4) is 0 Å². The Morgan fingerprint density at radius 1 is 1.44 bits per heavy atom. The highest BCUT2D eigenvalue weighted by Crippen LogP contribution is 2.26. The van der Waals surface area contributed by atoms with Gasteiger partial charge in [0.1, 0.15) is 5.76 Å². The second-order valence-electron chi connectivity index (χ2n) is 3.93. The molecule has 1 rings (SSSR count). The molecule has 0 aliphatic carbocycles. The minimum atomic E-state index is 0.0554. The van der Waals surface area contributed by atoms with Crippen LogP contribution in [-0.4, -0.2) is 7.11 Å². The van der Waals surface area contributed by atoms with Crippen LogP contribution in [0.25, 0.3) is 0 Å². The summed E-state index contributed by atoms with van der Waals surface area (Å²) < 4.78 is 5.19. The third-order valence-corrected chi connectivity index (χ3v) is 3.20. The summed E-state index contributed by atoms with van der Waals surface area (Å²) >= 11 is 12.0. The number of hydrogen-bond acceptors (Lipinski definition) is 2. The van der Waals surface area contributed by atoms with Crippen molar-refractivity contribution in [3.63, 3.8) is 0 Å². The minimum Gasteiger partial charge on any atom is -0.495 e. The van der Waals surface area contributed by atoms with E-state index in [4.69, 9.17) is 27.9 Å². The Bertz CT molecular complexity index is 469. The van der Waals surface area contributed by atoms with Crippen molar-refractivity contribution < 1.29 is 4.74 Å². The van der Waals surface area contributed by atoms with Crippen LogP contribution in [0.1, 0.15) is 25.5 Å². The fraction of sp³-hybridized carbons (Fsp3) is 0.286. The molecule has 0 bridgehead atoms. The predicted octanol–water partition coefficient (Wildman–Crippen LogP) is 4.71. The molecule has 0 aliphatic rings. The van der Waals surface area contributed by atoms with E-state index in [2.05, 4.69) is 11.9 Å². The summed E-state index contributed by atoms with van der Waals surface area (Å²) in [5, 5.41) is 4.59. The lowest BCUT2D eigenvalue weighted by atomic mass is 10.1. The minimum absolute atomic E-state index is 0.0554. The van der Waals surface area contributed by atoms with Gasteiger partial charge in [0.2, 0.25) is 0 Å². The van der Waals surface area contributed by atoms with Crippen molar-refractivity contribution in [3.8, 4) is 0 Å². The van der Waals surface area contributed by atoms with E-state index in [1.807, 2.05) is 26.0 Å². The summed E-state index contributed by atoms with van der Waals surface area (Å²) in [6.45, 7) is 7.65. The summed E-state index contributed by atoms with van der Waals surface area (Å²) in [6, 6.07) is 5.53. The lowest BCUT2D eigenvalue weighted by Gasteiger charge is -2.19.